The van der Waals surface area contributed by atoms with E-state index >= 15 is 0 Å². The molecule has 0 aliphatic heterocycles. The highest BCUT2D eigenvalue weighted by molar-refractivity contribution is 7.80. The van der Waals surface area contributed by atoms with E-state index in [4.69, 9.17) is 18.0 Å². The first-order chi connectivity index (χ1) is 9.09. The van der Waals surface area contributed by atoms with Crippen LogP contribution in [-0.2, 0) is 9.59 Å². The van der Waals surface area contributed by atoms with Gasteiger partial charge in [0.25, 0.3) is 0 Å². The van der Waals surface area contributed by atoms with E-state index in [9.17, 15) is 9.59 Å². The van der Waals surface area contributed by atoms with Crippen molar-refractivity contribution < 1.29 is 9.59 Å². The zero-order valence-corrected chi connectivity index (χ0v) is 11.5. The summed E-state index contributed by atoms with van der Waals surface area (Å²) >= 11 is 4.77. The topological polar surface area (TPSA) is 84.2 Å². The van der Waals surface area contributed by atoms with Crippen molar-refractivity contribution in [3.05, 3.63) is 0 Å². The number of hydrogen-bond donors (Lipinski definition) is 3. The smallest absolute Gasteiger partial charge is 0.203 e. The highest BCUT2D eigenvalue weighted by Gasteiger charge is 2.57. The largest absolute Gasteiger partial charge is 0.375 e. The number of Topliss-reactive ketones (excluding diaryl/α,β-unsaturated/α-hetero) is 2. The maximum absolute atomic E-state index is 12.3. The number of nitrogens with one attached hydrogen (secondary N) is 2. The monoisotopic (exact) mass is 281 g/mol. The second-order valence-electron chi connectivity index (χ2n) is 5.95. The molecule has 19 heavy (non-hydrogen) atoms. The van der Waals surface area contributed by atoms with Crippen LogP contribution in [0.4, 0.5) is 0 Å². The maximum Gasteiger partial charge on any atom is 0.203 e. The summed E-state index contributed by atoms with van der Waals surface area (Å²) in [4.78, 5) is 24.4. The molecule has 0 amide bonds. The summed E-state index contributed by atoms with van der Waals surface area (Å²) in [6.07, 6.45) is 5.11. The van der Waals surface area contributed by atoms with Crippen molar-refractivity contribution in [1.29, 1.82) is 0 Å². The van der Waals surface area contributed by atoms with Crippen LogP contribution in [-0.4, -0.2) is 22.7 Å². The summed E-state index contributed by atoms with van der Waals surface area (Å²) in [5, 5.41) is 0.166. The van der Waals surface area contributed by atoms with Gasteiger partial charge in [0.15, 0.2) is 5.11 Å². The molecular weight excluding hydrogens is 262 g/mol. The van der Waals surface area contributed by atoms with E-state index in [1.165, 1.54) is 0 Å². The summed E-state index contributed by atoms with van der Waals surface area (Å²) in [7, 11) is 0. The van der Waals surface area contributed by atoms with Crippen LogP contribution in [0.2, 0.25) is 0 Å². The number of hydrazine groups is 1. The van der Waals surface area contributed by atoms with Crippen LogP contribution in [0.5, 0.6) is 0 Å². The summed E-state index contributed by atoms with van der Waals surface area (Å²) in [6, 6.07) is -0.0256. The maximum atomic E-state index is 12.3. The first-order valence-electron chi connectivity index (χ1n) is 6.98. The van der Waals surface area contributed by atoms with Gasteiger partial charge < -0.3 is 5.73 Å². The lowest BCUT2D eigenvalue weighted by Gasteiger charge is -2.43. The third kappa shape index (κ3) is 2.07. The molecule has 0 aromatic rings. The molecule has 5 nitrogen and oxygen atoms in total. The Labute approximate surface area is 117 Å². The molecule has 0 saturated heterocycles. The second-order valence-corrected chi connectivity index (χ2v) is 6.39. The second kappa shape index (κ2) is 4.83. The molecule has 0 spiro atoms. The Bertz CT molecular complexity index is 440. The number of nitrogens with two attached hydrogens (primary N) is 1. The fourth-order valence-electron chi connectivity index (χ4n) is 4.37. The van der Waals surface area contributed by atoms with Crippen molar-refractivity contribution in [1.82, 2.24) is 10.9 Å². The Morgan fingerprint density at radius 1 is 1.16 bits per heavy atom. The standard InChI is InChI=1S/C13H19N3O2S/c14-13(19)16-15-8-5-4-6-2-1-3-7-9(6)10(8)12(18)11(7)17/h6-10,15H,1-5H2,(H3,14,16,19). The van der Waals surface area contributed by atoms with E-state index in [-0.39, 0.29) is 40.5 Å². The molecule has 0 bridgehead atoms. The van der Waals surface area contributed by atoms with Crippen molar-refractivity contribution in [2.75, 3.05) is 0 Å². The van der Waals surface area contributed by atoms with Gasteiger partial charge >= 0.3 is 0 Å². The van der Waals surface area contributed by atoms with Gasteiger partial charge in [0.05, 0.1) is 0 Å². The van der Waals surface area contributed by atoms with Gasteiger partial charge in [0.2, 0.25) is 11.6 Å². The SMILES string of the molecule is NC(=S)NNC1CCC2CCCC3C(=O)C(=O)C1C23. The molecule has 3 aliphatic rings. The molecule has 0 radical (unpaired) electrons. The lowest BCUT2D eigenvalue weighted by atomic mass is 9.63. The summed E-state index contributed by atoms with van der Waals surface area (Å²) in [6.45, 7) is 0. The van der Waals surface area contributed by atoms with Crippen LogP contribution < -0.4 is 16.6 Å². The summed E-state index contributed by atoms with van der Waals surface area (Å²) in [5.74, 6) is 0.270. The molecule has 5 unspecified atom stereocenters. The average molecular weight is 281 g/mol. The van der Waals surface area contributed by atoms with Gasteiger partial charge in [-0.3, -0.25) is 15.0 Å². The number of hydrogen-bond acceptors (Lipinski definition) is 4. The molecule has 6 heteroatoms. The van der Waals surface area contributed by atoms with Crippen LogP contribution in [0, 0.1) is 23.7 Å². The van der Waals surface area contributed by atoms with Gasteiger partial charge in [0.1, 0.15) is 0 Å². The van der Waals surface area contributed by atoms with E-state index < -0.39 is 0 Å². The summed E-state index contributed by atoms with van der Waals surface area (Å²) in [5.41, 5.74) is 11.2. The highest BCUT2D eigenvalue weighted by Crippen LogP contribution is 2.51. The van der Waals surface area contributed by atoms with E-state index in [2.05, 4.69) is 10.9 Å². The van der Waals surface area contributed by atoms with Crippen LogP contribution >= 0.6 is 12.2 Å². The minimum absolute atomic E-state index is 0.0225. The Morgan fingerprint density at radius 3 is 2.68 bits per heavy atom. The van der Waals surface area contributed by atoms with Gasteiger partial charge in [-0.1, -0.05) is 12.8 Å². The van der Waals surface area contributed by atoms with E-state index in [1.807, 2.05) is 0 Å². The number of ketones is 2. The fraction of sp³-hybridized carbons (Fsp3) is 0.769. The van der Waals surface area contributed by atoms with Gasteiger partial charge in [-0.15, -0.1) is 0 Å². The quantitative estimate of drug-likeness (QED) is 0.383. The molecule has 5 atom stereocenters. The summed E-state index contributed by atoms with van der Waals surface area (Å²) < 4.78 is 0. The number of carbonyl (C=O) groups excluding carboxylic acids is 2. The Morgan fingerprint density at radius 2 is 1.95 bits per heavy atom. The third-order valence-electron chi connectivity index (χ3n) is 5.06. The van der Waals surface area contributed by atoms with Gasteiger partial charge in [-0.05, 0) is 43.3 Å². The zero-order chi connectivity index (χ0) is 13.6. The first-order valence-corrected chi connectivity index (χ1v) is 7.39. The normalized spacial score (nSPS) is 40.9. The van der Waals surface area contributed by atoms with Gasteiger partial charge in [-0.25, -0.2) is 5.43 Å². The predicted molar refractivity (Wildman–Crippen MR) is 73.9 cm³/mol. The first kappa shape index (κ1) is 13.0. The van der Waals surface area contributed by atoms with Crippen LogP contribution in [0.15, 0.2) is 0 Å². The molecule has 3 aliphatic carbocycles. The number of carbonyl (C=O) groups is 2. The van der Waals surface area contributed by atoms with Crippen molar-refractivity contribution in [3.63, 3.8) is 0 Å². The third-order valence-corrected chi connectivity index (χ3v) is 5.16. The van der Waals surface area contributed by atoms with Crippen LogP contribution in [0.1, 0.15) is 32.1 Å². The zero-order valence-electron chi connectivity index (χ0n) is 10.7. The van der Waals surface area contributed by atoms with Crippen molar-refractivity contribution >= 4 is 28.9 Å². The highest BCUT2D eigenvalue weighted by atomic mass is 32.1. The van der Waals surface area contributed by atoms with E-state index in [0.29, 0.717) is 5.92 Å². The van der Waals surface area contributed by atoms with Crippen molar-refractivity contribution in [2.24, 2.45) is 29.4 Å². The Hall–Kier alpha value is -1.01. The molecule has 104 valence electrons. The molecule has 0 heterocycles. The molecular formula is C13H19N3O2S. The molecule has 4 N–H and O–H groups in total. The Kier molecular flexibility index (Phi) is 3.30. The van der Waals surface area contributed by atoms with E-state index in [1.54, 1.807) is 0 Å². The fourth-order valence-corrected chi connectivity index (χ4v) is 4.43. The molecule has 3 fully saturated rings. The lowest BCUT2D eigenvalue weighted by Crippen LogP contribution is -2.54. The lowest BCUT2D eigenvalue weighted by molar-refractivity contribution is -0.137. The van der Waals surface area contributed by atoms with Gasteiger partial charge in [-0.2, -0.15) is 0 Å². The molecule has 3 rings (SSSR count). The number of rotatable bonds is 2. The van der Waals surface area contributed by atoms with E-state index in [0.717, 1.165) is 32.1 Å². The van der Waals surface area contributed by atoms with Crippen molar-refractivity contribution in [3.8, 4) is 0 Å². The Balaban J connectivity index is 1.82. The molecule has 0 aromatic heterocycles. The van der Waals surface area contributed by atoms with Crippen LogP contribution in [0.3, 0.4) is 0 Å². The van der Waals surface area contributed by atoms with Gasteiger partial charge in [0, 0.05) is 17.9 Å². The minimum atomic E-state index is -0.182. The van der Waals surface area contributed by atoms with Crippen LogP contribution in [0.25, 0.3) is 0 Å². The number of thiocarbonyl (C=S) groups is 1. The average Bonchev–Trinajstić information content (AvgIpc) is 2.65. The molecule has 3 saturated carbocycles. The predicted octanol–water partition coefficient (Wildman–Crippen LogP) is 0.287. The van der Waals surface area contributed by atoms with Crippen molar-refractivity contribution in [2.45, 2.75) is 38.1 Å². The molecule has 0 aromatic carbocycles. The minimum Gasteiger partial charge on any atom is -0.375 e.